The summed E-state index contributed by atoms with van der Waals surface area (Å²) in [6.07, 6.45) is 2.20. The summed E-state index contributed by atoms with van der Waals surface area (Å²) in [4.78, 5) is 18.0. The van der Waals surface area contributed by atoms with E-state index in [1.807, 2.05) is 18.9 Å². The highest BCUT2D eigenvalue weighted by Gasteiger charge is 2.23. The zero-order chi connectivity index (χ0) is 12.1. The number of likely N-dealkylation sites (N-methyl/N-ethyl adjacent to an activating group) is 1. The molecule has 1 rings (SSSR count). The Morgan fingerprint density at radius 1 is 1.38 bits per heavy atom. The summed E-state index contributed by atoms with van der Waals surface area (Å²) in [6.45, 7) is 5.45. The highest BCUT2D eigenvalue weighted by atomic mass is 16.2. The highest BCUT2D eigenvalue weighted by Crippen LogP contribution is 2.10. The van der Waals surface area contributed by atoms with E-state index in [9.17, 15) is 4.79 Å². The number of hydrogen-bond donors (Lipinski definition) is 2. The second-order valence-electron chi connectivity index (χ2n) is 4.27. The van der Waals surface area contributed by atoms with Gasteiger partial charge in [0.25, 0.3) is 0 Å². The molecule has 0 bridgehead atoms. The first kappa shape index (κ1) is 13.0. The lowest BCUT2D eigenvalue weighted by Gasteiger charge is -2.19. The van der Waals surface area contributed by atoms with Gasteiger partial charge in [0.1, 0.15) is 11.9 Å². The number of amidine groups is 1. The van der Waals surface area contributed by atoms with Gasteiger partial charge in [-0.05, 0) is 33.7 Å². The minimum atomic E-state index is -0.367. The topological polar surface area (TPSA) is 70.7 Å². The van der Waals surface area contributed by atoms with Crippen molar-refractivity contribution in [3.8, 4) is 0 Å². The lowest BCUT2D eigenvalue weighted by Crippen LogP contribution is -2.40. The number of rotatable bonds is 4. The van der Waals surface area contributed by atoms with Gasteiger partial charge >= 0.3 is 0 Å². The minimum Gasteiger partial charge on any atom is -0.386 e. The third kappa shape index (κ3) is 3.20. The molecule has 92 valence electrons. The summed E-state index contributed by atoms with van der Waals surface area (Å²) < 4.78 is 0. The quantitative estimate of drug-likeness (QED) is 0.522. The Hall–Kier alpha value is -1.10. The first-order chi connectivity index (χ1) is 7.56. The Balaban J connectivity index is 2.56. The van der Waals surface area contributed by atoms with Crippen molar-refractivity contribution in [3.05, 3.63) is 0 Å². The van der Waals surface area contributed by atoms with Gasteiger partial charge in [0.05, 0.1) is 6.04 Å². The van der Waals surface area contributed by atoms with Gasteiger partial charge in [-0.25, -0.2) is 0 Å². The van der Waals surface area contributed by atoms with Crippen LogP contribution >= 0.6 is 0 Å². The number of likely N-dealkylation sites (tertiary alicyclic amines) is 1. The van der Waals surface area contributed by atoms with Gasteiger partial charge in [-0.1, -0.05) is 0 Å². The maximum Gasteiger partial charge on any atom is 0.247 e. The van der Waals surface area contributed by atoms with Crippen molar-refractivity contribution >= 4 is 11.7 Å². The number of nitrogens with zero attached hydrogens (tertiary/aromatic N) is 2. The average molecular weight is 226 g/mol. The molecule has 1 amide bonds. The molecule has 3 N–H and O–H groups in total. The van der Waals surface area contributed by atoms with Gasteiger partial charge in [0.2, 0.25) is 5.91 Å². The fraction of sp³-hybridized carbons (Fsp3) is 0.818. The molecule has 1 aliphatic rings. The SMILES string of the molecule is CN[C@@H](C)C(N)=N[C@@H](C)C(=O)N1CCCC1. The third-order valence-electron chi connectivity index (χ3n) is 2.99. The molecular formula is C11H22N4O. The molecule has 0 saturated carbocycles. The molecule has 0 aromatic rings. The lowest BCUT2D eigenvalue weighted by molar-refractivity contribution is -0.131. The van der Waals surface area contributed by atoms with Gasteiger partial charge in [0, 0.05) is 13.1 Å². The third-order valence-corrected chi connectivity index (χ3v) is 2.99. The normalized spacial score (nSPS) is 20.9. The monoisotopic (exact) mass is 226 g/mol. The Morgan fingerprint density at radius 2 is 1.94 bits per heavy atom. The van der Waals surface area contributed by atoms with E-state index in [2.05, 4.69) is 10.3 Å². The molecule has 16 heavy (non-hydrogen) atoms. The van der Waals surface area contributed by atoms with Gasteiger partial charge in [-0.3, -0.25) is 9.79 Å². The van der Waals surface area contributed by atoms with Crippen molar-refractivity contribution < 1.29 is 4.79 Å². The molecule has 0 spiro atoms. The first-order valence-electron chi connectivity index (χ1n) is 5.85. The van der Waals surface area contributed by atoms with Crippen molar-refractivity contribution in [2.45, 2.75) is 38.8 Å². The zero-order valence-electron chi connectivity index (χ0n) is 10.4. The molecule has 5 nitrogen and oxygen atoms in total. The Morgan fingerprint density at radius 3 is 2.44 bits per heavy atom. The van der Waals surface area contributed by atoms with Crippen molar-refractivity contribution in [1.29, 1.82) is 0 Å². The van der Waals surface area contributed by atoms with E-state index in [1.165, 1.54) is 0 Å². The van der Waals surface area contributed by atoms with Crippen LogP contribution in [0.2, 0.25) is 0 Å². The van der Waals surface area contributed by atoms with E-state index >= 15 is 0 Å². The summed E-state index contributed by atoms with van der Waals surface area (Å²) in [6, 6.07) is -0.359. The number of carbonyl (C=O) groups is 1. The average Bonchev–Trinajstić information content (AvgIpc) is 2.79. The largest absolute Gasteiger partial charge is 0.386 e. The number of hydrogen-bond acceptors (Lipinski definition) is 3. The molecule has 1 fully saturated rings. The Bertz CT molecular complexity index is 271. The van der Waals surface area contributed by atoms with Crippen molar-refractivity contribution in [1.82, 2.24) is 10.2 Å². The highest BCUT2D eigenvalue weighted by molar-refractivity contribution is 5.90. The standard InChI is InChI=1S/C11H22N4O/c1-8(13-3)10(12)14-9(2)11(16)15-6-4-5-7-15/h8-9,13H,4-7H2,1-3H3,(H2,12,14)/t8-,9-/m0/s1. The lowest BCUT2D eigenvalue weighted by atomic mass is 10.2. The summed E-state index contributed by atoms with van der Waals surface area (Å²) in [5.74, 6) is 0.575. The molecule has 0 aromatic heterocycles. The van der Waals surface area contributed by atoms with Crippen LogP contribution in [0, 0.1) is 0 Å². The second-order valence-corrected chi connectivity index (χ2v) is 4.27. The van der Waals surface area contributed by atoms with Crippen molar-refractivity contribution in [2.75, 3.05) is 20.1 Å². The molecular weight excluding hydrogens is 204 g/mol. The predicted molar refractivity (Wildman–Crippen MR) is 65.4 cm³/mol. The van der Waals surface area contributed by atoms with Crippen molar-refractivity contribution in [3.63, 3.8) is 0 Å². The van der Waals surface area contributed by atoms with Gasteiger partial charge in [-0.2, -0.15) is 0 Å². The molecule has 2 atom stereocenters. The second kappa shape index (κ2) is 5.84. The van der Waals surface area contributed by atoms with Gasteiger partial charge < -0.3 is 16.0 Å². The van der Waals surface area contributed by atoms with E-state index in [1.54, 1.807) is 6.92 Å². The number of nitrogens with one attached hydrogen (secondary N) is 1. The molecule has 1 aliphatic heterocycles. The zero-order valence-corrected chi connectivity index (χ0v) is 10.4. The maximum absolute atomic E-state index is 11.9. The van der Waals surface area contributed by atoms with Crippen LogP contribution in [0.15, 0.2) is 4.99 Å². The molecule has 1 saturated heterocycles. The number of amides is 1. The van der Waals surface area contributed by atoms with E-state index in [4.69, 9.17) is 5.73 Å². The molecule has 0 unspecified atom stereocenters. The van der Waals surface area contributed by atoms with E-state index in [-0.39, 0.29) is 18.0 Å². The van der Waals surface area contributed by atoms with Crippen LogP contribution in [-0.2, 0) is 4.79 Å². The molecule has 1 heterocycles. The van der Waals surface area contributed by atoms with E-state index in [0.717, 1.165) is 25.9 Å². The van der Waals surface area contributed by atoms with Crippen LogP contribution in [0.4, 0.5) is 0 Å². The van der Waals surface area contributed by atoms with Crippen LogP contribution in [0.5, 0.6) is 0 Å². The van der Waals surface area contributed by atoms with Crippen LogP contribution < -0.4 is 11.1 Å². The minimum absolute atomic E-state index is 0.00817. The molecule has 0 aromatic carbocycles. The first-order valence-corrected chi connectivity index (χ1v) is 5.85. The molecule has 5 heteroatoms. The van der Waals surface area contributed by atoms with E-state index < -0.39 is 0 Å². The number of carbonyl (C=O) groups excluding carboxylic acids is 1. The Kier molecular flexibility index (Phi) is 4.73. The number of nitrogens with two attached hydrogens (primary N) is 1. The summed E-state index contributed by atoms with van der Waals surface area (Å²) in [5.41, 5.74) is 5.78. The summed E-state index contributed by atoms with van der Waals surface area (Å²) >= 11 is 0. The van der Waals surface area contributed by atoms with Crippen molar-refractivity contribution in [2.24, 2.45) is 10.7 Å². The smallest absolute Gasteiger partial charge is 0.247 e. The van der Waals surface area contributed by atoms with E-state index in [0.29, 0.717) is 5.84 Å². The summed E-state index contributed by atoms with van der Waals surface area (Å²) in [5, 5.41) is 3.00. The van der Waals surface area contributed by atoms with Crippen LogP contribution in [0.25, 0.3) is 0 Å². The Labute approximate surface area is 97.1 Å². The van der Waals surface area contributed by atoms with Crippen LogP contribution in [0.3, 0.4) is 0 Å². The maximum atomic E-state index is 11.9. The fourth-order valence-corrected chi connectivity index (χ4v) is 1.74. The van der Waals surface area contributed by atoms with Gasteiger partial charge in [0.15, 0.2) is 0 Å². The fourth-order valence-electron chi connectivity index (χ4n) is 1.74. The number of aliphatic imine (C=N–C) groups is 1. The van der Waals surface area contributed by atoms with Gasteiger partial charge in [-0.15, -0.1) is 0 Å². The predicted octanol–water partition coefficient (Wildman–Crippen LogP) is -0.0376. The molecule has 0 aliphatic carbocycles. The van der Waals surface area contributed by atoms with Crippen LogP contribution in [-0.4, -0.2) is 48.9 Å². The summed E-state index contributed by atoms with van der Waals surface area (Å²) in [7, 11) is 1.82. The molecule has 0 radical (unpaired) electrons. The van der Waals surface area contributed by atoms with Crippen LogP contribution in [0.1, 0.15) is 26.7 Å².